The van der Waals surface area contributed by atoms with Gasteiger partial charge in [-0.25, -0.2) is 4.79 Å². The maximum absolute atomic E-state index is 11.7. The smallest absolute Gasteiger partial charge is 0.407 e. The standard InChI is InChI=1S/C14H22N2O3/c1-5-8-15-12(17)10-6-7-11(9-10)16-13(18)19-14(2,3)4/h1,10-11H,6-9H2,2-4H3,(H,15,17)(H,16,18)/t10-,11+/m0/s1. The Morgan fingerprint density at radius 3 is 2.63 bits per heavy atom. The molecule has 0 saturated heterocycles. The minimum Gasteiger partial charge on any atom is -0.444 e. The van der Waals surface area contributed by atoms with Gasteiger partial charge in [0.25, 0.3) is 0 Å². The van der Waals surface area contributed by atoms with Crippen molar-refractivity contribution in [1.29, 1.82) is 0 Å². The zero-order valence-electron chi connectivity index (χ0n) is 11.8. The average molecular weight is 266 g/mol. The summed E-state index contributed by atoms with van der Waals surface area (Å²) in [6, 6.07) is -0.00330. The Morgan fingerprint density at radius 2 is 2.05 bits per heavy atom. The summed E-state index contributed by atoms with van der Waals surface area (Å²) in [4.78, 5) is 23.3. The highest BCUT2D eigenvalue weighted by Gasteiger charge is 2.31. The second-order valence-electron chi connectivity index (χ2n) is 5.78. The van der Waals surface area contributed by atoms with E-state index in [4.69, 9.17) is 11.2 Å². The summed E-state index contributed by atoms with van der Waals surface area (Å²) < 4.78 is 5.18. The summed E-state index contributed by atoms with van der Waals surface area (Å²) in [7, 11) is 0. The van der Waals surface area contributed by atoms with Gasteiger partial charge in [-0.3, -0.25) is 4.79 Å². The molecule has 106 valence electrons. The number of hydrogen-bond donors (Lipinski definition) is 2. The Balaban J connectivity index is 2.34. The SMILES string of the molecule is C#CCNC(=O)[C@H]1CC[C@@H](NC(=O)OC(C)(C)C)C1. The zero-order chi connectivity index (χ0) is 14.5. The summed E-state index contributed by atoms with van der Waals surface area (Å²) in [6.45, 7) is 5.70. The molecule has 1 aliphatic carbocycles. The summed E-state index contributed by atoms with van der Waals surface area (Å²) in [5.74, 6) is 2.26. The van der Waals surface area contributed by atoms with Gasteiger partial charge < -0.3 is 15.4 Å². The van der Waals surface area contributed by atoms with Gasteiger partial charge in [0.2, 0.25) is 5.91 Å². The highest BCUT2D eigenvalue weighted by molar-refractivity contribution is 5.79. The third-order valence-corrected chi connectivity index (χ3v) is 2.89. The number of alkyl carbamates (subject to hydrolysis) is 1. The van der Waals surface area contributed by atoms with Crippen LogP contribution in [0.5, 0.6) is 0 Å². The van der Waals surface area contributed by atoms with Crippen LogP contribution in [0.1, 0.15) is 40.0 Å². The third kappa shape index (κ3) is 5.64. The van der Waals surface area contributed by atoms with Crippen molar-refractivity contribution in [3.8, 4) is 12.3 Å². The van der Waals surface area contributed by atoms with Crippen molar-refractivity contribution in [3.63, 3.8) is 0 Å². The Morgan fingerprint density at radius 1 is 1.37 bits per heavy atom. The Labute approximate surface area is 114 Å². The number of ether oxygens (including phenoxy) is 1. The quantitative estimate of drug-likeness (QED) is 0.759. The van der Waals surface area contributed by atoms with Crippen LogP contribution in [0.3, 0.4) is 0 Å². The lowest BCUT2D eigenvalue weighted by Gasteiger charge is -2.21. The minimum atomic E-state index is -0.508. The molecule has 0 spiro atoms. The van der Waals surface area contributed by atoms with E-state index in [1.807, 2.05) is 20.8 Å². The highest BCUT2D eigenvalue weighted by Crippen LogP contribution is 2.26. The van der Waals surface area contributed by atoms with Gasteiger partial charge in [-0.1, -0.05) is 5.92 Å². The predicted octanol–water partition coefficient (Wildman–Crippen LogP) is 1.43. The van der Waals surface area contributed by atoms with Crippen LogP contribution in [0, 0.1) is 18.3 Å². The average Bonchev–Trinajstić information content (AvgIpc) is 2.71. The molecule has 5 heteroatoms. The fraction of sp³-hybridized carbons (Fsp3) is 0.714. The second kappa shape index (κ2) is 6.46. The summed E-state index contributed by atoms with van der Waals surface area (Å²) in [6.07, 6.45) is 6.84. The van der Waals surface area contributed by atoms with Gasteiger partial charge in [-0.05, 0) is 40.0 Å². The maximum Gasteiger partial charge on any atom is 0.407 e. The topological polar surface area (TPSA) is 67.4 Å². The molecule has 2 amide bonds. The van der Waals surface area contributed by atoms with Gasteiger partial charge in [0, 0.05) is 12.0 Å². The predicted molar refractivity (Wildman–Crippen MR) is 72.3 cm³/mol. The first-order valence-electron chi connectivity index (χ1n) is 6.52. The van der Waals surface area contributed by atoms with Crippen molar-refractivity contribution >= 4 is 12.0 Å². The maximum atomic E-state index is 11.7. The lowest BCUT2D eigenvalue weighted by atomic mass is 10.1. The van der Waals surface area contributed by atoms with E-state index in [0.29, 0.717) is 6.42 Å². The summed E-state index contributed by atoms with van der Waals surface area (Å²) >= 11 is 0. The molecule has 0 aliphatic heterocycles. The third-order valence-electron chi connectivity index (χ3n) is 2.89. The zero-order valence-corrected chi connectivity index (χ0v) is 11.8. The van der Waals surface area contributed by atoms with E-state index in [0.717, 1.165) is 12.8 Å². The van der Waals surface area contributed by atoms with E-state index in [1.165, 1.54) is 0 Å². The largest absolute Gasteiger partial charge is 0.444 e. The molecule has 0 radical (unpaired) electrons. The summed E-state index contributed by atoms with van der Waals surface area (Å²) in [5, 5.41) is 5.46. The highest BCUT2D eigenvalue weighted by atomic mass is 16.6. The molecular formula is C14H22N2O3. The molecule has 0 aromatic carbocycles. The van der Waals surface area contributed by atoms with Crippen LogP contribution in [0.2, 0.25) is 0 Å². The molecule has 19 heavy (non-hydrogen) atoms. The Kier molecular flexibility index (Phi) is 5.22. The molecular weight excluding hydrogens is 244 g/mol. The van der Waals surface area contributed by atoms with Gasteiger partial charge in [0.1, 0.15) is 5.60 Å². The van der Waals surface area contributed by atoms with Crippen LogP contribution in [0.25, 0.3) is 0 Å². The number of terminal acetylenes is 1. The molecule has 1 rings (SSSR count). The van der Waals surface area contributed by atoms with Crippen molar-refractivity contribution in [2.24, 2.45) is 5.92 Å². The fourth-order valence-corrected chi connectivity index (χ4v) is 2.11. The molecule has 0 unspecified atom stereocenters. The van der Waals surface area contributed by atoms with Crippen molar-refractivity contribution in [2.45, 2.75) is 51.7 Å². The van der Waals surface area contributed by atoms with E-state index in [2.05, 4.69) is 16.6 Å². The molecule has 0 heterocycles. The first kappa shape index (κ1) is 15.4. The van der Waals surface area contributed by atoms with Crippen LogP contribution in [-0.2, 0) is 9.53 Å². The molecule has 0 aromatic heterocycles. The Hall–Kier alpha value is -1.70. The van der Waals surface area contributed by atoms with E-state index in [1.54, 1.807) is 0 Å². The monoisotopic (exact) mass is 266 g/mol. The lowest BCUT2D eigenvalue weighted by Crippen LogP contribution is -2.38. The van der Waals surface area contributed by atoms with Crippen LogP contribution < -0.4 is 10.6 Å². The van der Waals surface area contributed by atoms with Crippen molar-refractivity contribution in [1.82, 2.24) is 10.6 Å². The van der Waals surface area contributed by atoms with Gasteiger partial charge in [0.05, 0.1) is 6.54 Å². The van der Waals surface area contributed by atoms with E-state index in [-0.39, 0.29) is 24.4 Å². The summed E-state index contributed by atoms with van der Waals surface area (Å²) in [5.41, 5.74) is -0.508. The van der Waals surface area contributed by atoms with Gasteiger partial charge >= 0.3 is 6.09 Å². The van der Waals surface area contributed by atoms with Crippen LogP contribution in [0.4, 0.5) is 4.79 Å². The number of amides is 2. The molecule has 2 N–H and O–H groups in total. The minimum absolute atomic E-state index is 0.00330. The van der Waals surface area contributed by atoms with Gasteiger partial charge in [-0.15, -0.1) is 6.42 Å². The second-order valence-corrected chi connectivity index (χ2v) is 5.78. The molecule has 2 atom stereocenters. The normalized spacial score (nSPS) is 22.4. The van der Waals surface area contributed by atoms with Gasteiger partial charge in [-0.2, -0.15) is 0 Å². The molecule has 1 saturated carbocycles. The van der Waals surface area contributed by atoms with E-state index in [9.17, 15) is 9.59 Å². The van der Waals surface area contributed by atoms with Crippen LogP contribution in [-0.4, -0.2) is 30.2 Å². The fourth-order valence-electron chi connectivity index (χ4n) is 2.11. The molecule has 5 nitrogen and oxygen atoms in total. The van der Waals surface area contributed by atoms with Crippen LogP contribution >= 0.6 is 0 Å². The number of carbonyl (C=O) groups is 2. The molecule has 0 aromatic rings. The van der Waals surface area contributed by atoms with Crippen LogP contribution in [0.15, 0.2) is 0 Å². The first-order valence-corrected chi connectivity index (χ1v) is 6.52. The Bertz CT molecular complexity index is 379. The lowest BCUT2D eigenvalue weighted by molar-refractivity contribution is -0.124. The van der Waals surface area contributed by atoms with Crippen molar-refractivity contribution < 1.29 is 14.3 Å². The number of hydrogen-bond acceptors (Lipinski definition) is 3. The number of carbonyl (C=O) groups excluding carboxylic acids is 2. The van der Waals surface area contributed by atoms with Crippen molar-refractivity contribution in [3.05, 3.63) is 0 Å². The molecule has 0 bridgehead atoms. The number of nitrogens with one attached hydrogen (secondary N) is 2. The molecule has 1 aliphatic rings. The van der Waals surface area contributed by atoms with E-state index >= 15 is 0 Å². The van der Waals surface area contributed by atoms with E-state index < -0.39 is 11.7 Å². The van der Waals surface area contributed by atoms with Gasteiger partial charge in [0.15, 0.2) is 0 Å². The number of rotatable bonds is 3. The first-order chi connectivity index (χ1) is 8.81. The van der Waals surface area contributed by atoms with Crippen molar-refractivity contribution in [2.75, 3.05) is 6.54 Å². The molecule has 1 fully saturated rings.